The van der Waals surface area contributed by atoms with E-state index in [1.165, 1.54) is 0 Å². The van der Waals surface area contributed by atoms with E-state index in [1.54, 1.807) is 24.3 Å². The van der Waals surface area contributed by atoms with Gasteiger partial charge in [-0.25, -0.2) is 0 Å². The molecule has 1 aliphatic rings. The van der Waals surface area contributed by atoms with E-state index in [-0.39, 0.29) is 5.43 Å². The van der Waals surface area contributed by atoms with E-state index in [1.807, 2.05) is 12.1 Å². The molecule has 1 unspecified atom stereocenters. The van der Waals surface area contributed by atoms with Crippen molar-refractivity contribution in [2.75, 3.05) is 0 Å². The fourth-order valence-electron chi connectivity index (χ4n) is 1.99. The highest BCUT2D eigenvalue weighted by atomic mass is 16.3. The van der Waals surface area contributed by atoms with E-state index in [0.29, 0.717) is 28.7 Å². The van der Waals surface area contributed by atoms with Crippen LogP contribution in [0.25, 0.3) is 17.0 Å². The molecular weight excluding hydrogens is 204 g/mol. The lowest BCUT2D eigenvalue weighted by Crippen LogP contribution is -2.18. The standard InChI is InChI=1S/C13H10O3/c14-8-5-6-10-12(7-8)16-11-4-2-1-3-9(11)13(10)15/h1-6,8,14H,7H2. The van der Waals surface area contributed by atoms with Crippen molar-refractivity contribution in [1.82, 2.24) is 0 Å². The van der Waals surface area contributed by atoms with Gasteiger partial charge in [0.25, 0.3) is 0 Å². The van der Waals surface area contributed by atoms with E-state index in [0.717, 1.165) is 0 Å². The maximum Gasteiger partial charge on any atom is 0.200 e. The molecule has 3 nitrogen and oxygen atoms in total. The molecule has 1 atom stereocenters. The van der Waals surface area contributed by atoms with Crippen molar-refractivity contribution < 1.29 is 9.52 Å². The number of rotatable bonds is 0. The molecule has 3 rings (SSSR count). The Hall–Kier alpha value is -1.87. The summed E-state index contributed by atoms with van der Waals surface area (Å²) in [5, 5.41) is 10.1. The van der Waals surface area contributed by atoms with Crippen molar-refractivity contribution in [3.05, 3.63) is 51.9 Å². The summed E-state index contributed by atoms with van der Waals surface area (Å²) in [5.41, 5.74) is 1.11. The lowest BCUT2D eigenvalue weighted by atomic mass is 10.0. The second kappa shape index (κ2) is 3.32. The van der Waals surface area contributed by atoms with E-state index >= 15 is 0 Å². The van der Waals surface area contributed by atoms with Crippen molar-refractivity contribution >= 4 is 17.0 Å². The molecule has 0 radical (unpaired) electrons. The Bertz CT molecular complexity index is 637. The molecule has 0 spiro atoms. The van der Waals surface area contributed by atoms with E-state index in [2.05, 4.69) is 0 Å². The zero-order chi connectivity index (χ0) is 11.1. The zero-order valence-corrected chi connectivity index (χ0v) is 8.51. The summed E-state index contributed by atoms with van der Waals surface area (Å²) in [6.45, 7) is 0. The van der Waals surface area contributed by atoms with E-state index in [9.17, 15) is 9.90 Å². The Kier molecular flexibility index (Phi) is 1.94. The van der Waals surface area contributed by atoms with Gasteiger partial charge in [0.15, 0.2) is 5.43 Å². The van der Waals surface area contributed by atoms with Gasteiger partial charge in [0.05, 0.1) is 17.1 Å². The van der Waals surface area contributed by atoms with Gasteiger partial charge >= 0.3 is 0 Å². The van der Waals surface area contributed by atoms with Gasteiger partial charge in [-0.15, -0.1) is 0 Å². The Morgan fingerprint density at radius 2 is 2.12 bits per heavy atom. The van der Waals surface area contributed by atoms with Gasteiger partial charge < -0.3 is 9.52 Å². The molecule has 1 N–H and O–H groups in total. The number of aliphatic hydroxyl groups is 1. The molecule has 1 aromatic carbocycles. The fourth-order valence-corrected chi connectivity index (χ4v) is 1.99. The van der Waals surface area contributed by atoms with Crippen LogP contribution in [0.4, 0.5) is 0 Å². The Balaban J connectivity index is 2.40. The molecule has 2 aromatic rings. The number of aliphatic hydroxyl groups excluding tert-OH is 1. The third-order valence-corrected chi connectivity index (χ3v) is 2.79. The monoisotopic (exact) mass is 214 g/mol. The van der Waals surface area contributed by atoms with Crippen LogP contribution in [0, 0.1) is 0 Å². The smallest absolute Gasteiger partial charge is 0.200 e. The third kappa shape index (κ3) is 1.29. The van der Waals surface area contributed by atoms with Gasteiger partial charge in [0, 0.05) is 6.42 Å². The van der Waals surface area contributed by atoms with Crippen molar-refractivity contribution in [2.45, 2.75) is 12.5 Å². The average molecular weight is 214 g/mol. The van der Waals surface area contributed by atoms with Crippen LogP contribution in [0.15, 0.2) is 39.6 Å². The molecular formula is C13H10O3. The maximum atomic E-state index is 12.1. The Morgan fingerprint density at radius 3 is 3.00 bits per heavy atom. The lowest BCUT2D eigenvalue weighted by molar-refractivity contribution is 0.214. The molecule has 0 fully saturated rings. The first-order valence-electron chi connectivity index (χ1n) is 5.17. The maximum absolute atomic E-state index is 12.1. The SMILES string of the molecule is O=c1c2c(oc3ccccc13)CC(O)C=C2. The number of hydrogen-bond donors (Lipinski definition) is 1. The van der Waals surface area contributed by atoms with Crippen LogP contribution in [-0.2, 0) is 6.42 Å². The molecule has 1 heterocycles. The van der Waals surface area contributed by atoms with Gasteiger partial charge in [0.1, 0.15) is 11.3 Å². The summed E-state index contributed by atoms with van der Waals surface area (Å²) >= 11 is 0. The van der Waals surface area contributed by atoms with Gasteiger partial charge in [-0.2, -0.15) is 0 Å². The molecule has 3 heteroatoms. The van der Waals surface area contributed by atoms with Gasteiger partial charge in [-0.05, 0) is 18.2 Å². The van der Waals surface area contributed by atoms with Gasteiger partial charge in [-0.3, -0.25) is 4.79 Å². The van der Waals surface area contributed by atoms with Crippen LogP contribution in [0.2, 0.25) is 0 Å². The molecule has 16 heavy (non-hydrogen) atoms. The first-order chi connectivity index (χ1) is 7.75. The molecule has 80 valence electrons. The minimum Gasteiger partial charge on any atom is -0.460 e. The summed E-state index contributed by atoms with van der Waals surface area (Å²) in [6.07, 6.45) is 3.07. The molecule has 0 amide bonds. The molecule has 0 aliphatic heterocycles. The van der Waals surface area contributed by atoms with Crippen LogP contribution in [0.1, 0.15) is 11.3 Å². The minimum atomic E-state index is -0.559. The largest absolute Gasteiger partial charge is 0.460 e. The second-order valence-electron chi connectivity index (χ2n) is 3.89. The number of fused-ring (bicyclic) bond motifs is 2. The zero-order valence-electron chi connectivity index (χ0n) is 8.51. The van der Waals surface area contributed by atoms with E-state index < -0.39 is 6.10 Å². The highest BCUT2D eigenvalue weighted by molar-refractivity contribution is 5.79. The van der Waals surface area contributed by atoms with Crippen LogP contribution in [0.5, 0.6) is 0 Å². The first-order valence-corrected chi connectivity index (χ1v) is 5.17. The normalized spacial score (nSPS) is 18.7. The number of benzene rings is 1. The molecule has 1 aliphatic carbocycles. The highest BCUT2D eigenvalue weighted by Gasteiger charge is 2.18. The summed E-state index contributed by atoms with van der Waals surface area (Å²) in [7, 11) is 0. The van der Waals surface area contributed by atoms with Crippen molar-refractivity contribution in [3.63, 3.8) is 0 Å². The quantitative estimate of drug-likeness (QED) is 0.726. The fraction of sp³-hybridized carbons (Fsp3) is 0.154. The Morgan fingerprint density at radius 1 is 1.31 bits per heavy atom. The summed E-state index contributed by atoms with van der Waals surface area (Å²) in [5.74, 6) is 0.568. The summed E-state index contributed by atoms with van der Waals surface area (Å²) in [4.78, 5) is 12.1. The summed E-state index contributed by atoms with van der Waals surface area (Å²) in [6, 6.07) is 7.15. The van der Waals surface area contributed by atoms with Crippen LogP contribution >= 0.6 is 0 Å². The Labute approximate surface area is 91.6 Å². The first kappa shape index (κ1) is 9.36. The molecule has 0 saturated heterocycles. The molecule has 0 saturated carbocycles. The second-order valence-corrected chi connectivity index (χ2v) is 3.89. The minimum absolute atomic E-state index is 0.0278. The van der Waals surface area contributed by atoms with Gasteiger partial charge in [-0.1, -0.05) is 18.2 Å². The number of hydrogen-bond acceptors (Lipinski definition) is 3. The molecule has 1 aromatic heterocycles. The highest BCUT2D eigenvalue weighted by Crippen LogP contribution is 2.21. The topological polar surface area (TPSA) is 50.4 Å². The lowest BCUT2D eigenvalue weighted by Gasteiger charge is -2.13. The number of para-hydroxylation sites is 1. The van der Waals surface area contributed by atoms with Crippen LogP contribution in [0.3, 0.4) is 0 Å². The van der Waals surface area contributed by atoms with E-state index in [4.69, 9.17) is 4.42 Å². The van der Waals surface area contributed by atoms with Gasteiger partial charge in [0.2, 0.25) is 0 Å². The third-order valence-electron chi connectivity index (χ3n) is 2.79. The van der Waals surface area contributed by atoms with Crippen LogP contribution < -0.4 is 5.43 Å². The van der Waals surface area contributed by atoms with Crippen molar-refractivity contribution in [1.29, 1.82) is 0 Å². The van der Waals surface area contributed by atoms with Crippen molar-refractivity contribution in [2.24, 2.45) is 0 Å². The van der Waals surface area contributed by atoms with Crippen LogP contribution in [-0.4, -0.2) is 11.2 Å². The summed E-state index contributed by atoms with van der Waals surface area (Å²) < 4.78 is 5.62. The predicted molar refractivity (Wildman–Crippen MR) is 61.2 cm³/mol. The predicted octanol–water partition coefficient (Wildman–Crippen LogP) is 1.72. The molecule has 0 bridgehead atoms. The van der Waals surface area contributed by atoms with Crippen molar-refractivity contribution in [3.8, 4) is 0 Å². The average Bonchev–Trinajstić information content (AvgIpc) is 2.29.